The highest BCUT2D eigenvalue weighted by atomic mass is 16.5. The molecular weight excluding hydrogens is 192 g/mol. The van der Waals surface area contributed by atoms with Crippen LogP contribution in [0.25, 0.3) is 0 Å². The van der Waals surface area contributed by atoms with Crippen LogP contribution in [-0.2, 0) is 9.53 Å². The maximum atomic E-state index is 11.8. The quantitative estimate of drug-likeness (QED) is 0.725. The molecule has 0 aromatic rings. The third-order valence-electron chi connectivity index (χ3n) is 3.30. The normalized spacial score (nSPS) is 24.9. The van der Waals surface area contributed by atoms with Gasteiger partial charge in [-0.3, -0.25) is 9.69 Å². The second-order valence-corrected chi connectivity index (χ2v) is 4.53. The van der Waals surface area contributed by atoms with Crippen molar-refractivity contribution in [3.63, 3.8) is 0 Å². The summed E-state index contributed by atoms with van der Waals surface area (Å²) in [5.74, 6) is 0.247. The van der Waals surface area contributed by atoms with Crippen LogP contribution < -0.4 is 5.32 Å². The van der Waals surface area contributed by atoms with Gasteiger partial charge in [-0.25, -0.2) is 0 Å². The molecule has 1 aliphatic carbocycles. The molecule has 2 aliphatic rings. The van der Waals surface area contributed by atoms with Gasteiger partial charge in [0.2, 0.25) is 5.91 Å². The highest BCUT2D eigenvalue weighted by Crippen LogP contribution is 2.46. The van der Waals surface area contributed by atoms with Gasteiger partial charge in [0.25, 0.3) is 0 Å². The van der Waals surface area contributed by atoms with E-state index in [9.17, 15) is 4.79 Å². The zero-order valence-corrected chi connectivity index (χ0v) is 9.42. The number of rotatable bonds is 4. The zero-order valence-electron chi connectivity index (χ0n) is 9.42. The molecule has 1 amide bonds. The van der Waals surface area contributed by atoms with E-state index >= 15 is 0 Å². The van der Waals surface area contributed by atoms with Gasteiger partial charge in [0.05, 0.1) is 18.6 Å². The lowest BCUT2D eigenvalue weighted by Crippen LogP contribution is -2.44. The van der Waals surface area contributed by atoms with Crippen molar-refractivity contribution in [3.05, 3.63) is 0 Å². The van der Waals surface area contributed by atoms with Crippen molar-refractivity contribution in [3.8, 4) is 0 Å². The molecule has 2 fully saturated rings. The van der Waals surface area contributed by atoms with Crippen LogP contribution in [0, 0.1) is 5.41 Å². The van der Waals surface area contributed by atoms with Crippen molar-refractivity contribution in [2.75, 3.05) is 39.4 Å². The molecule has 1 saturated carbocycles. The Morgan fingerprint density at radius 3 is 2.60 bits per heavy atom. The van der Waals surface area contributed by atoms with Gasteiger partial charge in [0.15, 0.2) is 0 Å². The highest BCUT2D eigenvalue weighted by molar-refractivity contribution is 5.85. The van der Waals surface area contributed by atoms with E-state index in [1.54, 1.807) is 0 Å². The fraction of sp³-hybridized carbons (Fsp3) is 0.909. The molecule has 0 bridgehead atoms. The lowest BCUT2D eigenvalue weighted by atomic mass is 10.1. The summed E-state index contributed by atoms with van der Waals surface area (Å²) in [5, 5.41) is 2.94. The first-order valence-corrected chi connectivity index (χ1v) is 5.85. The van der Waals surface area contributed by atoms with Gasteiger partial charge in [-0.15, -0.1) is 0 Å². The Morgan fingerprint density at radius 2 is 2.07 bits per heavy atom. The highest BCUT2D eigenvalue weighted by Gasteiger charge is 2.50. The Labute approximate surface area is 91.0 Å². The van der Waals surface area contributed by atoms with Crippen molar-refractivity contribution in [2.45, 2.75) is 19.8 Å². The predicted molar refractivity (Wildman–Crippen MR) is 57.6 cm³/mol. The first kappa shape index (κ1) is 10.9. The van der Waals surface area contributed by atoms with Gasteiger partial charge in [0, 0.05) is 26.2 Å². The smallest absolute Gasteiger partial charge is 0.227 e. The standard InChI is InChI=1S/C11H20N2O2/c1-2-12-10(14)11(3-4-11)9-13-5-7-15-8-6-13/h2-9H2,1H3,(H,12,14). The number of carbonyl (C=O) groups excluding carboxylic acids is 1. The summed E-state index contributed by atoms with van der Waals surface area (Å²) in [6.07, 6.45) is 2.10. The molecule has 0 radical (unpaired) electrons. The SMILES string of the molecule is CCNC(=O)C1(CN2CCOCC2)CC1. The van der Waals surface area contributed by atoms with Crippen LogP contribution in [0.1, 0.15) is 19.8 Å². The van der Waals surface area contributed by atoms with Crippen molar-refractivity contribution >= 4 is 5.91 Å². The van der Waals surface area contributed by atoms with E-state index in [1.807, 2.05) is 6.92 Å². The summed E-state index contributed by atoms with van der Waals surface area (Å²) >= 11 is 0. The largest absolute Gasteiger partial charge is 0.379 e. The number of ether oxygens (including phenoxy) is 1. The molecule has 15 heavy (non-hydrogen) atoms. The fourth-order valence-corrected chi connectivity index (χ4v) is 2.14. The molecule has 1 saturated heterocycles. The molecular formula is C11H20N2O2. The average Bonchev–Trinajstić information content (AvgIpc) is 3.01. The monoisotopic (exact) mass is 212 g/mol. The van der Waals surface area contributed by atoms with E-state index in [0.717, 1.165) is 52.2 Å². The lowest BCUT2D eigenvalue weighted by Gasteiger charge is -2.29. The zero-order chi connectivity index (χ0) is 10.7. The van der Waals surface area contributed by atoms with E-state index in [1.165, 1.54) is 0 Å². The van der Waals surface area contributed by atoms with Gasteiger partial charge in [0.1, 0.15) is 0 Å². The van der Waals surface area contributed by atoms with E-state index in [4.69, 9.17) is 4.74 Å². The van der Waals surface area contributed by atoms with E-state index in [2.05, 4.69) is 10.2 Å². The van der Waals surface area contributed by atoms with Crippen LogP contribution in [-0.4, -0.2) is 50.2 Å². The van der Waals surface area contributed by atoms with Gasteiger partial charge in [-0.2, -0.15) is 0 Å². The first-order chi connectivity index (χ1) is 7.27. The van der Waals surface area contributed by atoms with Crippen LogP contribution in [0.5, 0.6) is 0 Å². The molecule has 4 nitrogen and oxygen atoms in total. The van der Waals surface area contributed by atoms with Gasteiger partial charge in [-0.05, 0) is 19.8 Å². The molecule has 2 rings (SSSR count). The minimum atomic E-state index is -0.0622. The van der Waals surface area contributed by atoms with Crippen LogP contribution in [0.15, 0.2) is 0 Å². The summed E-state index contributed by atoms with van der Waals surface area (Å²) in [6.45, 7) is 7.20. The van der Waals surface area contributed by atoms with E-state index < -0.39 is 0 Å². The van der Waals surface area contributed by atoms with Gasteiger partial charge >= 0.3 is 0 Å². The van der Waals surface area contributed by atoms with Crippen LogP contribution in [0.2, 0.25) is 0 Å². The van der Waals surface area contributed by atoms with E-state index in [0.29, 0.717) is 0 Å². The van der Waals surface area contributed by atoms with Crippen LogP contribution >= 0.6 is 0 Å². The number of amides is 1. The number of hydrogen-bond acceptors (Lipinski definition) is 3. The van der Waals surface area contributed by atoms with Gasteiger partial charge < -0.3 is 10.1 Å². The number of carbonyl (C=O) groups is 1. The second-order valence-electron chi connectivity index (χ2n) is 4.53. The third kappa shape index (κ3) is 2.49. The number of morpholine rings is 1. The molecule has 1 aliphatic heterocycles. The van der Waals surface area contributed by atoms with E-state index in [-0.39, 0.29) is 11.3 Å². The molecule has 0 spiro atoms. The maximum absolute atomic E-state index is 11.8. The Hall–Kier alpha value is -0.610. The first-order valence-electron chi connectivity index (χ1n) is 5.85. The molecule has 4 heteroatoms. The summed E-state index contributed by atoms with van der Waals surface area (Å²) < 4.78 is 5.30. The Bertz CT molecular complexity index is 233. The third-order valence-corrected chi connectivity index (χ3v) is 3.30. The van der Waals surface area contributed by atoms with Crippen molar-refractivity contribution in [1.82, 2.24) is 10.2 Å². The Kier molecular flexibility index (Phi) is 3.26. The molecule has 0 atom stereocenters. The Morgan fingerprint density at radius 1 is 1.40 bits per heavy atom. The maximum Gasteiger partial charge on any atom is 0.227 e. The summed E-state index contributed by atoms with van der Waals surface area (Å²) in [6, 6.07) is 0. The molecule has 0 aromatic carbocycles. The van der Waals surface area contributed by atoms with Crippen molar-refractivity contribution < 1.29 is 9.53 Å². The minimum Gasteiger partial charge on any atom is -0.379 e. The summed E-state index contributed by atoms with van der Waals surface area (Å²) in [4.78, 5) is 14.2. The summed E-state index contributed by atoms with van der Waals surface area (Å²) in [5.41, 5.74) is -0.0622. The van der Waals surface area contributed by atoms with Crippen molar-refractivity contribution in [1.29, 1.82) is 0 Å². The lowest BCUT2D eigenvalue weighted by molar-refractivity contribution is -0.127. The predicted octanol–water partition coefficient (Wildman–Crippen LogP) is 0.235. The molecule has 0 unspecified atom stereocenters. The topological polar surface area (TPSA) is 41.6 Å². The number of hydrogen-bond donors (Lipinski definition) is 1. The number of nitrogens with one attached hydrogen (secondary N) is 1. The van der Waals surface area contributed by atoms with Gasteiger partial charge in [-0.1, -0.05) is 0 Å². The summed E-state index contributed by atoms with van der Waals surface area (Å²) in [7, 11) is 0. The van der Waals surface area contributed by atoms with Crippen molar-refractivity contribution in [2.24, 2.45) is 5.41 Å². The molecule has 86 valence electrons. The average molecular weight is 212 g/mol. The molecule has 1 heterocycles. The fourth-order valence-electron chi connectivity index (χ4n) is 2.14. The molecule has 1 N–H and O–H groups in total. The molecule has 0 aromatic heterocycles. The minimum absolute atomic E-state index is 0.0622. The van der Waals surface area contributed by atoms with Crippen LogP contribution in [0.4, 0.5) is 0 Å². The number of nitrogens with zero attached hydrogens (tertiary/aromatic N) is 1. The Balaban J connectivity index is 1.84. The second kappa shape index (κ2) is 4.49. The van der Waals surface area contributed by atoms with Crippen LogP contribution in [0.3, 0.4) is 0 Å².